The van der Waals surface area contributed by atoms with Crippen LogP contribution in [0.25, 0.3) is 0 Å². The average molecular weight is 222 g/mol. The number of carbonyl (C=O) groups excluding carboxylic acids is 1. The fraction of sp³-hybridized carbons (Fsp3) is 0.417. The van der Waals surface area contributed by atoms with Gasteiger partial charge in [0.2, 0.25) is 5.91 Å². The van der Waals surface area contributed by atoms with Crippen molar-refractivity contribution in [3.63, 3.8) is 0 Å². The number of nitrogens with one attached hydrogen (secondary N) is 1. The van der Waals surface area contributed by atoms with Crippen LogP contribution < -0.4 is 11.1 Å². The van der Waals surface area contributed by atoms with E-state index in [4.69, 9.17) is 5.73 Å². The molecular weight excluding hydrogens is 207 g/mol. The molecule has 0 aliphatic heterocycles. The zero-order chi connectivity index (χ0) is 11.5. The average Bonchev–Trinajstić information content (AvgIpc) is 2.22. The molecule has 0 aromatic heterocycles. The van der Waals surface area contributed by atoms with Crippen molar-refractivity contribution >= 4 is 5.91 Å². The minimum atomic E-state index is -0.280. The smallest absolute Gasteiger partial charge is 0.223 e. The number of hydrogen-bond acceptors (Lipinski definition) is 2. The van der Waals surface area contributed by atoms with E-state index in [0.717, 1.165) is 18.4 Å². The third kappa shape index (κ3) is 2.58. The highest BCUT2D eigenvalue weighted by Gasteiger charge is 2.31. The molecule has 86 valence electrons. The third-order valence-corrected chi connectivity index (χ3v) is 2.90. The quantitative estimate of drug-likeness (QED) is 0.806. The Balaban J connectivity index is 1.81. The van der Waals surface area contributed by atoms with Crippen LogP contribution in [-0.2, 0) is 11.3 Å². The van der Waals surface area contributed by atoms with Crippen molar-refractivity contribution in [2.45, 2.75) is 25.4 Å². The van der Waals surface area contributed by atoms with Crippen molar-refractivity contribution in [1.82, 2.24) is 5.32 Å². The molecule has 0 spiro atoms. The summed E-state index contributed by atoms with van der Waals surface area (Å²) in [6, 6.07) is 6.40. The Bertz CT molecular complexity index is 388. The van der Waals surface area contributed by atoms with Gasteiger partial charge in [-0.05, 0) is 30.5 Å². The standard InChI is InChI=1S/C12H15FN2O/c13-10-3-1-2-8(4-10)7-15-12(16)9-5-11(14)6-9/h1-4,9,11H,5-7,14H2,(H,15,16). The summed E-state index contributed by atoms with van der Waals surface area (Å²) in [6.07, 6.45) is 1.52. The summed E-state index contributed by atoms with van der Waals surface area (Å²) in [4.78, 5) is 11.6. The van der Waals surface area contributed by atoms with Crippen LogP contribution in [0.15, 0.2) is 24.3 Å². The second kappa shape index (κ2) is 4.61. The molecule has 0 heterocycles. The number of halogens is 1. The summed E-state index contributed by atoms with van der Waals surface area (Å²) < 4.78 is 12.8. The topological polar surface area (TPSA) is 55.1 Å². The highest BCUT2D eigenvalue weighted by atomic mass is 19.1. The Kier molecular flexibility index (Phi) is 3.19. The van der Waals surface area contributed by atoms with Gasteiger partial charge in [0.05, 0.1) is 0 Å². The van der Waals surface area contributed by atoms with E-state index in [9.17, 15) is 9.18 Å². The first-order chi connectivity index (χ1) is 7.65. The molecule has 16 heavy (non-hydrogen) atoms. The molecule has 0 saturated heterocycles. The lowest BCUT2D eigenvalue weighted by atomic mass is 9.80. The maximum absolute atomic E-state index is 12.8. The summed E-state index contributed by atoms with van der Waals surface area (Å²) in [5.41, 5.74) is 6.38. The normalized spacial score (nSPS) is 23.6. The predicted octanol–water partition coefficient (Wildman–Crippen LogP) is 1.18. The third-order valence-electron chi connectivity index (χ3n) is 2.90. The Morgan fingerprint density at radius 3 is 2.88 bits per heavy atom. The second-order valence-corrected chi connectivity index (χ2v) is 4.28. The molecule has 1 fully saturated rings. The number of nitrogens with two attached hydrogens (primary N) is 1. The predicted molar refractivity (Wildman–Crippen MR) is 58.9 cm³/mol. The number of carbonyl (C=O) groups is 1. The molecule has 0 atom stereocenters. The molecule has 1 saturated carbocycles. The number of rotatable bonds is 3. The minimum absolute atomic E-state index is 0.0194. The fourth-order valence-corrected chi connectivity index (χ4v) is 1.86. The van der Waals surface area contributed by atoms with Gasteiger partial charge in [0.25, 0.3) is 0 Å². The van der Waals surface area contributed by atoms with Crippen LogP contribution in [-0.4, -0.2) is 11.9 Å². The van der Waals surface area contributed by atoms with Crippen LogP contribution in [0.1, 0.15) is 18.4 Å². The van der Waals surface area contributed by atoms with Crippen molar-refractivity contribution in [3.05, 3.63) is 35.6 Å². The van der Waals surface area contributed by atoms with E-state index in [-0.39, 0.29) is 23.7 Å². The van der Waals surface area contributed by atoms with E-state index in [2.05, 4.69) is 5.32 Å². The Hall–Kier alpha value is -1.42. The van der Waals surface area contributed by atoms with Gasteiger partial charge in [-0.3, -0.25) is 4.79 Å². The van der Waals surface area contributed by atoms with Crippen LogP contribution in [0, 0.1) is 11.7 Å². The second-order valence-electron chi connectivity index (χ2n) is 4.28. The summed E-state index contributed by atoms with van der Waals surface area (Å²) in [5.74, 6) is -0.216. The van der Waals surface area contributed by atoms with Crippen molar-refractivity contribution in [1.29, 1.82) is 0 Å². The van der Waals surface area contributed by atoms with Crippen LogP contribution in [0.4, 0.5) is 4.39 Å². The molecular formula is C12H15FN2O. The molecule has 2 rings (SSSR count). The molecule has 1 aromatic carbocycles. The minimum Gasteiger partial charge on any atom is -0.352 e. The van der Waals surface area contributed by atoms with Crippen molar-refractivity contribution in [3.8, 4) is 0 Å². The number of amides is 1. The maximum atomic E-state index is 12.8. The van der Waals surface area contributed by atoms with Gasteiger partial charge in [-0.1, -0.05) is 12.1 Å². The summed E-state index contributed by atoms with van der Waals surface area (Å²) in [5, 5.41) is 2.79. The van der Waals surface area contributed by atoms with Gasteiger partial charge in [-0.25, -0.2) is 4.39 Å². The molecule has 3 N–H and O–H groups in total. The first-order valence-corrected chi connectivity index (χ1v) is 5.43. The highest BCUT2D eigenvalue weighted by Crippen LogP contribution is 2.25. The van der Waals surface area contributed by atoms with E-state index in [1.165, 1.54) is 12.1 Å². The monoisotopic (exact) mass is 222 g/mol. The first-order valence-electron chi connectivity index (χ1n) is 5.43. The van der Waals surface area contributed by atoms with Gasteiger partial charge < -0.3 is 11.1 Å². The molecule has 1 aromatic rings. The fourth-order valence-electron chi connectivity index (χ4n) is 1.86. The van der Waals surface area contributed by atoms with Gasteiger partial charge in [0, 0.05) is 18.5 Å². The molecule has 0 radical (unpaired) electrons. The van der Waals surface area contributed by atoms with E-state index >= 15 is 0 Å². The van der Waals surface area contributed by atoms with Gasteiger partial charge in [-0.15, -0.1) is 0 Å². The van der Waals surface area contributed by atoms with Gasteiger partial charge in [0.1, 0.15) is 5.82 Å². The molecule has 0 bridgehead atoms. The zero-order valence-corrected chi connectivity index (χ0v) is 8.95. The molecule has 1 amide bonds. The lowest BCUT2D eigenvalue weighted by Crippen LogP contribution is -2.44. The summed E-state index contributed by atoms with van der Waals surface area (Å²) in [6.45, 7) is 0.377. The Labute approximate surface area is 93.8 Å². The molecule has 1 aliphatic rings. The lowest BCUT2D eigenvalue weighted by Gasteiger charge is -2.31. The van der Waals surface area contributed by atoms with Gasteiger partial charge in [-0.2, -0.15) is 0 Å². The highest BCUT2D eigenvalue weighted by molar-refractivity contribution is 5.79. The van der Waals surface area contributed by atoms with Gasteiger partial charge >= 0.3 is 0 Å². The number of benzene rings is 1. The molecule has 0 unspecified atom stereocenters. The maximum Gasteiger partial charge on any atom is 0.223 e. The van der Waals surface area contributed by atoms with Crippen molar-refractivity contribution in [2.24, 2.45) is 11.7 Å². The SMILES string of the molecule is NC1CC(C(=O)NCc2cccc(F)c2)C1. The largest absolute Gasteiger partial charge is 0.352 e. The molecule has 1 aliphatic carbocycles. The first kappa shape index (κ1) is 11.1. The Morgan fingerprint density at radius 1 is 1.50 bits per heavy atom. The van der Waals surface area contributed by atoms with Gasteiger partial charge in [0.15, 0.2) is 0 Å². The van der Waals surface area contributed by atoms with Crippen LogP contribution >= 0.6 is 0 Å². The molecule has 3 nitrogen and oxygen atoms in total. The summed E-state index contributed by atoms with van der Waals surface area (Å²) >= 11 is 0. The van der Waals surface area contributed by atoms with Crippen LogP contribution in [0.3, 0.4) is 0 Å². The van der Waals surface area contributed by atoms with Crippen LogP contribution in [0.2, 0.25) is 0 Å². The lowest BCUT2D eigenvalue weighted by molar-refractivity contribution is -0.128. The van der Waals surface area contributed by atoms with E-state index in [0.29, 0.717) is 6.54 Å². The molecule has 4 heteroatoms. The number of hydrogen-bond donors (Lipinski definition) is 2. The van der Waals surface area contributed by atoms with Crippen molar-refractivity contribution < 1.29 is 9.18 Å². The van der Waals surface area contributed by atoms with Crippen LogP contribution in [0.5, 0.6) is 0 Å². The summed E-state index contributed by atoms with van der Waals surface area (Å²) in [7, 11) is 0. The van der Waals surface area contributed by atoms with Crippen molar-refractivity contribution in [2.75, 3.05) is 0 Å². The zero-order valence-electron chi connectivity index (χ0n) is 8.95. The van der Waals surface area contributed by atoms with E-state index < -0.39 is 0 Å². The van der Waals surface area contributed by atoms with E-state index in [1.54, 1.807) is 12.1 Å². The van der Waals surface area contributed by atoms with E-state index in [1.807, 2.05) is 0 Å². The Morgan fingerprint density at radius 2 is 2.25 bits per heavy atom.